The van der Waals surface area contributed by atoms with E-state index >= 15 is 0 Å². The Morgan fingerprint density at radius 2 is 1.24 bits per heavy atom. The summed E-state index contributed by atoms with van der Waals surface area (Å²) in [5, 5.41) is 141. The Hall–Kier alpha value is -1.10. The number of rotatable bonds is 14. The van der Waals surface area contributed by atoms with Crippen molar-refractivity contribution in [2.45, 2.75) is 255 Å². The van der Waals surface area contributed by atoms with Gasteiger partial charge in [0.1, 0.15) is 85.5 Å². The predicted octanol–water partition coefficient (Wildman–Crippen LogP) is -0.536. The molecule has 4 heterocycles. The van der Waals surface area contributed by atoms with Crippen LogP contribution in [0, 0.1) is 45.3 Å². The molecule has 8 fully saturated rings. The fourth-order valence-electron chi connectivity index (χ4n) is 15.9. The SMILES string of the molecule is CC(C)=CCC[C@](C)(O[C@@H]1O[C@H](CO[C@H]2O[C@@H](C)[C@@H](O)[C@H](O)[C@H]2O)[C@H](O)[C@H](O)[C@H]1O)[C@H]1CC[C@@]2(C)[C@@H]1[C@@H](O)C[C@@H]1[C@]3(C)CC[C@H](O[C@@H]4O[C@@H](CO)[C@H](O)[C@@H](O)[C@@H]4O[C@H]4OC[C@@H](O)[C@H](O)[C@@H]4O)C(C)(C)[C@@H]3CC[C@]12C. The highest BCUT2D eigenvalue weighted by molar-refractivity contribution is 5.20. The van der Waals surface area contributed by atoms with Gasteiger partial charge in [-0.25, -0.2) is 0 Å². The zero-order chi connectivity index (χ0) is 54.4. The van der Waals surface area contributed by atoms with Gasteiger partial charge in [0.05, 0.1) is 43.7 Å². The highest BCUT2D eigenvalue weighted by atomic mass is 16.8. The van der Waals surface area contributed by atoms with Gasteiger partial charge in [-0.3, -0.25) is 0 Å². The van der Waals surface area contributed by atoms with Crippen molar-refractivity contribution in [2.75, 3.05) is 19.8 Å². The van der Waals surface area contributed by atoms with Crippen molar-refractivity contribution in [1.82, 2.24) is 0 Å². The predicted molar refractivity (Wildman–Crippen MR) is 259 cm³/mol. The summed E-state index contributed by atoms with van der Waals surface area (Å²) in [5.41, 5.74) is -1.36. The van der Waals surface area contributed by atoms with Gasteiger partial charge in [-0.1, -0.05) is 46.3 Å². The second-order valence-electron chi connectivity index (χ2n) is 25.3. The lowest BCUT2D eigenvalue weighted by atomic mass is 9.35. The Morgan fingerprint density at radius 3 is 1.92 bits per heavy atom. The first-order valence-corrected chi connectivity index (χ1v) is 27.2. The molecule has 0 aromatic carbocycles. The lowest BCUT2D eigenvalue weighted by Crippen LogP contribution is -2.68. The topological polar surface area (TPSA) is 337 Å². The van der Waals surface area contributed by atoms with Crippen molar-refractivity contribution in [1.29, 1.82) is 0 Å². The fraction of sp³-hybridized carbons (Fsp3) is 0.962. The van der Waals surface area contributed by atoms with Gasteiger partial charge < -0.3 is 104 Å². The van der Waals surface area contributed by atoms with Crippen LogP contribution in [-0.4, -0.2) is 221 Å². The molecule has 0 aromatic heterocycles. The zero-order valence-corrected chi connectivity index (χ0v) is 44.6. The minimum atomic E-state index is -1.71. The van der Waals surface area contributed by atoms with Gasteiger partial charge >= 0.3 is 0 Å². The average molecular weight is 1060 g/mol. The summed E-state index contributed by atoms with van der Waals surface area (Å²) in [6.45, 7) is 17.5. The third-order valence-corrected chi connectivity index (χ3v) is 20.5. The summed E-state index contributed by atoms with van der Waals surface area (Å²) in [5.74, 6) is -0.318. The van der Waals surface area contributed by atoms with E-state index in [0.29, 0.717) is 32.1 Å². The number of aliphatic hydroxyl groups is 13. The Morgan fingerprint density at radius 1 is 0.622 bits per heavy atom. The molecule has 4 saturated heterocycles. The summed E-state index contributed by atoms with van der Waals surface area (Å²) in [4.78, 5) is 0. The molecule has 4 aliphatic carbocycles. The quantitative estimate of drug-likeness (QED) is 0.0768. The summed E-state index contributed by atoms with van der Waals surface area (Å²) >= 11 is 0. The van der Waals surface area contributed by atoms with Crippen molar-refractivity contribution in [3.63, 3.8) is 0 Å². The van der Waals surface area contributed by atoms with E-state index < -0.39 is 153 Å². The molecule has 21 heteroatoms. The first-order valence-electron chi connectivity index (χ1n) is 27.2. The maximum absolute atomic E-state index is 12.8. The van der Waals surface area contributed by atoms with Crippen LogP contribution in [0.2, 0.25) is 0 Å². The molecule has 0 bridgehead atoms. The molecule has 0 radical (unpaired) electrons. The molecule has 0 unspecified atom stereocenters. The molecule has 8 aliphatic rings. The molecule has 29 atom stereocenters. The van der Waals surface area contributed by atoms with Crippen LogP contribution in [-0.2, 0) is 37.9 Å². The number of ether oxygens (including phenoxy) is 8. The van der Waals surface area contributed by atoms with E-state index in [-0.39, 0.29) is 46.5 Å². The van der Waals surface area contributed by atoms with Gasteiger partial charge in [-0.15, -0.1) is 0 Å². The smallest absolute Gasteiger partial charge is 0.187 e. The molecular formula is C53H90O21. The average Bonchev–Trinajstić information content (AvgIpc) is 3.73. The molecule has 74 heavy (non-hydrogen) atoms. The first-order chi connectivity index (χ1) is 34.6. The second-order valence-corrected chi connectivity index (χ2v) is 25.3. The molecule has 8 rings (SSSR count). The van der Waals surface area contributed by atoms with Crippen LogP contribution in [0.15, 0.2) is 11.6 Å². The Kier molecular flexibility index (Phi) is 17.6. The summed E-state index contributed by atoms with van der Waals surface area (Å²) in [6, 6.07) is 0. The monoisotopic (exact) mass is 1060 g/mol. The van der Waals surface area contributed by atoms with Crippen molar-refractivity contribution in [2.24, 2.45) is 45.3 Å². The van der Waals surface area contributed by atoms with Gasteiger partial charge in [0, 0.05) is 0 Å². The summed E-state index contributed by atoms with van der Waals surface area (Å²) in [7, 11) is 0. The van der Waals surface area contributed by atoms with E-state index in [1.54, 1.807) is 0 Å². The minimum absolute atomic E-state index is 0.0752. The minimum Gasteiger partial charge on any atom is -0.394 e. The number of hydrogen-bond acceptors (Lipinski definition) is 21. The van der Waals surface area contributed by atoms with E-state index in [1.165, 1.54) is 6.92 Å². The van der Waals surface area contributed by atoms with Crippen molar-refractivity contribution >= 4 is 0 Å². The first kappa shape index (κ1) is 59.0. The van der Waals surface area contributed by atoms with Crippen LogP contribution in [0.1, 0.15) is 120 Å². The molecule has 4 saturated carbocycles. The maximum Gasteiger partial charge on any atom is 0.187 e. The van der Waals surface area contributed by atoms with E-state index in [1.807, 2.05) is 20.8 Å². The molecule has 0 spiro atoms. The molecule has 4 aliphatic heterocycles. The van der Waals surface area contributed by atoms with Crippen LogP contribution in [0.5, 0.6) is 0 Å². The van der Waals surface area contributed by atoms with E-state index in [4.69, 9.17) is 37.9 Å². The molecule has 428 valence electrons. The van der Waals surface area contributed by atoms with Crippen molar-refractivity contribution in [3.8, 4) is 0 Å². The standard InChI is InChI=1S/C53H90O21/c1-23(2)11-10-15-53(9,74-47-43(66)39(62)37(60)29(71-47)22-68-45-42(65)38(61)34(57)24(3)69-45)25-12-17-52(8)33(25)26(55)19-31-50(6)16-14-32(49(4,5)30(50)13-18-51(31,52)7)72-48-44(40(63)36(59)28(20-54)70-48)73-46-41(64)35(58)27(56)21-67-46/h11,24-48,54-66H,10,12-22H2,1-9H3/t24-,25-,26-,27+,28-,29+,30-,31+,32-,33-,34+,35-,36-,37-,38-,39-,40+,41-,42+,43+,44-,45-,46+,47-,48-,50+,51+,52-,53-/m0/s1. The van der Waals surface area contributed by atoms with Crippen LogP contribution < -0.4 is 0 Å². The van der Waals surface area contributed by atoms with Crippen molar-refractivity contribution in [3.05, 3.63) is 11.6 Å². The van der Waals surface area contributed by atoms with Crippen LogP contribution in [0.3, 0.4) is 0 Å². The largest absolute Gasteiger partial charge is 0.394 e. The second kappa shape index (κ2) is 22.1. The summed E-state index contributed by atoms with van der Waals surface area (Å²) in [6.07, 6.45) is -20.9. The van der Waals surface area contributed by atoms with E-state index in [2.05, 4.69) is 40.7 Å². The van der Waals surface area contributed by atoms with Crippen LogP contribution >= 0.6 is 0 Å². The highest BCUT2D eigenvalue weighted by Crippen LogP contribution is 2.76. The third-order valence-electron chi connectivity index (χ3n) is 20.5. The molecule has 0 aromatic rings. The van der Waals surface area contributed by atoms with Gasteiger partial charge in [0.25, 0.3) is 0 Å². The number of allylic oxidation sites excluding steroid dienone is 2. The Labute approximate surface area is 434 Å². The molecule has 21 nitrogen and oxygen atoms in total. The Balaban J connectivity index is 1.01. The fourth-order valence-corrected chi connectivity index (χ4v) is 15.9. The number of aliphatic hydroxyl groups excluding tert-OH is 13. The lowest BCUT2D eigenvalue weighted by Gasteiger charge is -2.71. The molecular weight excluding hydrogens is 973 g/mol. The van der Waals surface area contributed by atoms with Gasteiger partial charge in [0.2, 0.25) is 0 Å². The number of fused-ring (bicyclic) bond motifs is 5. The van der Waals surface area contributed by atoms with Crippen molar-refractivity contribution < 1.29 is 104 Å². The van der Waals surface area contributed by atoms with Crippen LogP contribution in [0.4, 0.5) is 0 Å². The lowest BCUT2D eigenvalue weighted by molar-refractivity contribution is -0.371. The summed E-state index contributed by atoms with van der Waals surface area (Å²) < 4.78 is 49.0. The van der Waals surface area contributed by atoms with E-state index in [9.17, 15) is 66.4 Å². The molecule has 0 amide bonds. The Bertz CT molecular complexity index is 1930. The number of hydrogen-bond donors (Lipinski definition) is 13. The third kappa shape index (κ3) is 10.2. The van der Waals surface area contributed by atoms with E-state index in [0.717, 1.165) is 31.3 Å². The molecule has 13 N–H and O–H groups in total. The highest BCUT2D eigenvalue weighted by Gasteiger charge is 2.72. The van der Waals surface area contributed by atoms with Gasteiger partial charge in [-0.05, 0) is 131 Å². The van der Waals surface area contributed by atoms with Crippen LogP contribution in [0.25, 0.3) is 0 Å². The normalized spacial score (nSPS) is 53.3. The van der Waals surface area contributed by atoms with Gasteiger partial charge in [0.15, 0.2) is 25.2 Å². The zero-order valence-electron chi connectivity index (χ0n) is 44.6. The van der Waals surface area contributed by atoms with Gasteiger partial charge in [-0.2, -0.15) is 0 Å². The maximum atomic E-state index is 12.8.